The standard InChI is InChI=1S/C13H21BrCl2O/c1-2-5-13(15,16)8-11-10-3-6-12(9-14,17-11)7-4-10/h10-11H,2-9H2,1H3. The van der Waals surface area contributed by atoms with Crippen molar-refractivity contribution in [1.82, 2.24) is 0 Å². The van der Waals surface area contributed by atoms with Crippen LogP contribution in [-0.4, -0.2) is 21.4 Å². The molecule has 0 spiro atoms. The summed E-state index contributed by atoms with van der Waals surface area (Å²) in [6.45, 7) is 2.12. The van der Waals surface area contributed by atoms with Gasteiger partial charge in [0, 0.05) is 11.8 Å². The van der Waals surface area contributed by atoms with Crippen LogP contribution in [0.4, 0.5) is 0 Å². The lowest BCUT2D eigenvalue weighted by Crippen LogP contribution is -2.52. The number of fused-ring (bicyclic) bond motifs is 3. The maximum atomic E-state index is 6.37. The summed E-state index contributed by atoms with van der Waals surface area (Å²) in [5, 5.41) is 0.939. The Labute approximate surface area is 123 Å². The second-order valence-electron chi connectivity index (χ2n) is 5.62. The summed E-state index contributed by atoms with van der Waals surface area (Å²) in [5.74, 6) is 0.671. The summed E-state index contributed by atoms with van der Waals surface area (Å²) in [5.41, 5.74) is 0.0650. The first-order chi connectivity index (χ1) is 8.00. The first-order valence-electron chi connectivity index (χ1n) is 6.62. The quantitative estimate of drug-likeness (QED) is 0.633. The highest BCUT2D eigenvalue weighted by atomic mass is 79.9. The van der Waals surface area contributed by atoms with E-state index in [9.17, 15) is 0 Å². The first-order valence-corrected chi connectivity index (χ1v) is 8.50. The molecule has 0 N–H and O–H groups in total. The number of alkyl halides is 3. The predicted octanol–water partition coefficient (Wildman–Crippen LogP) is 5.07. The van der Waals surface area contributed by atoms with Gasteiger partial charge in [-0.1, -0.05) is 29.3 Å². The zero-order valence-electron chi connectivity index (χ0n) is 10.4. The monoisotopic (exact) mass is 342 g/mol. The van der Waals surface area contributed by atoms with Gasteiger partial charge in [-0.25, -0.2) is 0 Å². The van der Waals surface area contributed by atoms with Gasteiger partial charge >= 0.3 is 0 Å². The molecule has 1 nitrogen and oxygen atoms in total. The molecule has 3 fully saturated rings. The van der Waals surface area contributed by atoms with E-state index in [4.69, 9.17) is 27.9 Å². The average molecular weight is 344 g/mol. The largest absolute Gasteiger partial charge is 0.370 e. The molecular weight excluding hydrogens is 323 g/mol. The third-order valence-electron chi connectivity index (χ3n) is 4.23. The normalized spacial score (nSPS) is 37.4. The van der Waals surface area contributed by atoms with Crippen LogP contribution < -0.4 is 0 Å². The summed E-state index contributed by atoms with van der Waals surface area (Å²) < 4.78 is 5.68. The van der Waals surface area contributed by atoms with Crippen molar-refractivity contribution in [2.75, 3.05) is 5.33 Å². The van der Waals surface area contributed by atoms with Gasteiger partial charge in [0.25, 0.3) is 0 Å². The zero-order chi connectivity index (χ0) is 12.5. The Morgan fingerprint density at radius 2 is 2.00 bits per heavy atom. The third-order valence-corrected chi connectivity index (χ3v) is 5.94. The molecule has 0 aromatic rings. The molecule has 1 saturated carbocycles. The van der Waals surface area contributed by atoms with Crippen molar-refractivity contribution in [3.05, 3.63) is 0 Å². The highest BCUT2D eigenvalue weighted by Crippen LogP contribution is 2.49. The van der Waals surface area contributed by atoms with Gasteiger partial charge in [-0.15, -0.1) is 23.2 Å². The predicted molar refractivity (Wildman–Crippen MR) is 77.3 cm³/mol. The van der Waals surface area contributed by atoms with Gasteiger partial charge in [-0.3, -0.25) is 0 Å². The third kappa shape index (κ3) is 3.32. The first kappa shape index (κ1) is 14.4. The molecule has 100 valence electrons. The lowest BCUT2D eigenvalue weighted by Gasteiger charge is -2.51. The topological polar surface area (TPSA) is 9.23 Å². The number of halogens is 3. The Hall–Kier alpha value is 1.02. The molecule has 3 rings (SSSR count). The van der Waals surface area contributed by atoms with E-state index < -0.39 is 4.33 Å². The molecule has 1 atom stereocenters. The van der Waals surface area contributed by atoms with Crippen LogP contribution in [-0.2, 0) is 4.74 Å². The van der Waals surface area contributed by atoms with E-state index >= 15 is 0 Å². The van der Waals surface area contributed by atoms with E-state index in [1.165, 1.54) is 25.7 Å². The highest BCUT2D eigenvalue weighted by molar-refractivity contribution is 9.09. The van der Waals surface area contributed by atoms with Crippen molar-refractivity contribution in [3.8, 4) is 0 Å². The molecule has 4 heteroatoms. The summed E-state index contributed by atoms with van der Waals surface area (Å²) in [6.07, 6.45) is 7.83. The van der Waals surface area contributed by atoms with Gasteiger partial charge in [0.2, 0.25) is 0 Å². The fraction of sp³-hybridized carbons (Fsp3) is 1.00. The fourth-order valence-electron chi connectivity index (χ4n) is 3.21. The summed E-state index contributed by atoms with van der Waals surface area (Å²) in [4.78, 5) is 0. The van der Waals surface area contributed by atoms with Crippen LogP contribution in [0.2, 0.25) is 0 Å². The minimum absolute atomic E-state index is 0.0650. The molecule has 2 saturated heterocycles. The maximum Gasteiger partial charge on any atom is 0.120 e. The minimum atomic E-state index is -0.607. The average Bonchev–Trinajstić information content (AvgIpc) is 2.30. The van der Waals surface area contributed by atoms with Crippen molar-refractivity contribution in [1.29, 1.82) is 0 Å². The summed E-state index contributed by atoms with van der Waals surface area (Å²) in [7, 11) is 0. The molecule has 0 amide bonds. The molecule has 1 unspecified atom stereocenters. The lowest BCUT2D eigenvalue weighted by molar-refractivity contribution is -0.183. The number of hydrogen-bond acceptors (Lipinski definition) is 1. The van der Waals surface area contributed by atoms with E-state index in [-0.39, 0.29) is 11.7 Å². The van der Waals surface area contributed by atoms with E-state index in [1.54, 1.807) is 0 Å². The van der Waals surface area contributed by atoms with Gasteiger partial charge in [-0.2, -0.15) is 0 Å². The van der Waals surface area contributed by atoms with E-state index in [0.29, 0.717) is 5.92 Å². The smallest absolute Gasteiger partial charge is 0.120 e. The second kappa shape index (κ2) is 5.56. The fourth-order valence-corrected chi connectivity index (χ4v) is 4.58. The molecule has 2 bridgehead atoms. The SMILES string of the molecule is CCCC(Cl)(Cl)CC1OC2(CBr)CCC1CC2. The van der Waals surface area contributed by atoms with Crippen molar-refractivity contribution in [2.24, 2.45) is 5.92 Å². The van der Waals surface area contributed by atoms with Crippen LogP contribution in [0, 0.1) is 5.92 Å². The molecule has 2 heterocycles. The molecule has 0 radical (unpaired) electrons. The van der Waals surface area contributed by atoms with Gasteiger partial charge in [0.05, 0.1) is 11.7 Å². The summed E-state index contributed by atoms with van der Waals surface area (Å²) >= 11 is 16.3. The Kier molecular flexibility index (Phi) is 4.72. The Bertz CT molecular complexity index is 262. The molecule has 0 aromatic heterocycles. The van der Waals surface area contributed by atoms with Crippen LogP contribution in [0.1, 0.15) is 51.9 Å². The van der Waals surface area contributed by atoms with Crippen molar-refractivity contribution < 1.29 is 4.74 Å². The van der Waals surface area contributed by atoms with Crippen LogP contribution in [0.15, 0.2) is 0 Å². The van der Waals surface area contributed by atoms with Crippen molar-refractivity contribution in [2.45, 2.75) is 67.9 Å². The van der Waals surface area contributed by atoms with Gasteiger partial charge < -0.3 is 4.74 Å². The van der Waals surface area contributed by atoms with E-state index in [1.807, 2.05) is 0 Å². The molecule has 17 heavy (non-hydrogen) atoms. The molecule has 1 aliphatic carbocycles. The van der Waals surface area contributed by atoms with Gasteiger partial charge in [-0.05, 0) is 38.0 Å². The Balaban J connectivity index is 1.98. The van der Waals surface area contributed by atoms with Crippen LogP contribution >= 0.6 is 39.1 Å². The lowest BCUT2D eigenvalue weighted by atomic mass is 9.72. The Morgan fingerprint density at radius 1 is 1.35 bits per heavy atom. The van der Waals surface area contributed by atoms with Crippen molar-refractivity contribution >= 4 is 39.1 Å². The van der Waals surface area contributed by atoms with Crippen molar-refractivity contribution in [3.63, 3.8) is 0 Å². The molecule has 0 aromatic carbocycles. The summed E-state index contributed by atoms with van der Waals surface area (Å²) in [6, 6.07) is 0. The van der Waals surface area contributed by atoms with Gasteiger partial charge in [0.1, 0.15) is 4.33 Å². The van der Waals surface area contributed by atoms with E-state index in [0.717, 1.165) is 24.6 Å². The number of ether oxygens (including phenoxy) is 1. The van der Waals surface area contributed by atoms with Crippen LogP contribution in [0.3, 0.4) is 0 Å². The highest BCUT2D eigenvalue weighted by Gasteiger charge is 2.47. The second-order valence-corrected chi connectivity index (χ2v) is 7.82. The van der Waals surface area contributed by atoms with Crippen LogP contribution in [0.25, 0.3) is 0 Å². The molecular formula is C13H21BrCl2O. The minimum Gasteiger partial charge on any atom is -0.370 e. The van der Waals surface area contributed by atoms with Gasteiger partial charge in [0.15, 0.2) is 0 Å². The molecule has 3 aliphatic rings. The Morgan fingerprint density at radius 3 is 2.53 bits per heavy atom. The number of hydrogen-bond donors (Lipinski definition) is 0. The van der Waals surface area contributed by atoms with E-state index in [2.05, 4.69) is 22.9 Å². The zero-order valence-corrected chi connectivity index (χ0v) is 13.5. The van der Waals surface area contributed by atoms with Crippen LogP contribution in [0.5, 0.6) is 0 Å². The maximum absolute atomic E-state index is 6.37. The number of rotatable bonds is 5. The molecule has 2 aliphatic heterocycles.